The van der Waals surface area contributed by atoms with Crippen LogP contribution in [0.15, 0.2) is 36.7 Å². The van der Waals surface area contributed by atoms with Crippen molar-refractivity contribution in [2.45, 2.75) is 13.5 Å². The van der Waals surface area contributed by atoms with Crippen LogP contribution in [0.4, 0.5) is 5.69 Å². The second-order valence-electron chi connectivity index (χ2n) is 4.72. The molecule has 1 heterocycles. The van der Waals surface area contributed by atoms with Crippen molar-refractivity contribution in [1.82, 2.24) is 14.5 Å². The Morgan fingerprint density at radius 1 is 1.35 bits per heavy atom. The fourth-order valence-corrected chi connectivity index (χ4v) is 1.99. The first kappa shape index (κ1) is 14.1. The van der Waals surface area contributed by atoms with Crippen LogP contribution in [0.5, 0.6) is 0 Å². The van der Waals surface area contributed by atoms with Gasteiger partial charge in [-0.05, 0) is 31.2 Å². The van der Waals surface area contributed by atoms with Crippen molar-refractivity contribution in [2.24, 2.45) is 7.05 Å². The van der Waals surface area contributed by atoms with Crippen LogP contribution in [-0.2, 0) is 13.6 Å². The van der Waals surface area contributed by atoms with Gasteiger partial charge in [0.15, 0.2) is 0 Å². The Morgan fingerprint density at radius 2 is 2.05 bits per heavy atom. The Kier molecular flexibility index (Phi) is 4.40. The summed E-state index contributed by atoms with van der Waals surface area (Å²) in [5.74, 6) is 0.862. The Labute approximate surface area is 119 Å². The van der Waals surface area contributed by atoms with Gasteiger partial charge in [-0.1, -0.05) is 0 Å². The molecule has 2 aromatic rings. The van der Waals surface area contributed by atoms with Crippen molar-refractivity contribution in [3.05, 3.63) is 48.0 Å². The molecular formula is C15H20N4O. The van der Waals surface area contributed by atoms with E-state index < -0.39 is 0 Å². The van der Waals surface area contributed by atoms with Gasteiger partial charge in [0.25, 0.3) is 5.91 Å². The van der Waals surface area contributed by atoms with E-state index in [0.717, 1.165) is 18.1 Å². The molecule has 0 spiro atoms. The third-order valence-corrected chi connectivity index (χ3v) is 3.16. The molecule has 5 nitrogen and oxygen atoms in total. The minimum atomic E-state index is -0.00366. The van der Waals surface area contributed by atoms with Gasteiger partial charge in [0, 0.05) is 44.3 Å². The van der Waals surface area contributed by atoms with Gasteiger partial charge in [-0.25, -0.2) is 4.98 Å². The third kappa shape index (κ3) is 3.17. The van der Waals surface area contributed by atoms with Gasteiger partial charge in [0.1, 0.15) is 5.82 Å². The van der Waals surface area contributed by atoms with E-state index in [1.807, 2.05) is 49.0 Å². The number of amides is 1. The molecule has 1 aromatic carbocycles. The maximum Gasteiger partial charge on any atom is 0.254 e. The van der Waals surface area contributed by atoms with E-state index in [2.05, 4.69) is 10.3 Å². The van der Waals surface area contributed by atoms with E-state index >= 15 is 0 Å². The molecule has 5 heteroatoms. The molecule has 0 atom stereocenters. The number of imidazole rings is 1. The fourth-order valence-electron chi connectivity index (χ4n) is 1.99. The lowest BCUT2D eigenvalue weighted by molar-refractivity contribution is 0.0780. The molecule has 0 fully saturated rings. The molecule has 0 saturated carbocycles. The average Bonchev–Trinajstić information content (AvgIpc) is 2.85. The van der Waals surface area contributed by atoms with Crippen LogP contribution in [0, 0.1) is 0 Å². The van der Waals surface area contributed by atoms with Crippen LogP contribution in [0.1, 0.15) is 23.1 Å². The summed E-state index contributed by atoms with van der Waals surface area (Å²) >= 11 is 0. The summed E-state index contributed by atoms with van der Waals surface area (Å²) < 4.78 is 1.91. The normalized spacial score (nSPS) is 10.3. The monoisotopic (exact) mass is 272 g/mol. The second-order valence-corrected chi connectivity index (χ2v) is 4.72. The highest BCUT2D eigenvalue weighted by molar-refractivity contribution is 5.94. The Hall–Kier alpha value is -2.30. The number of carbonyl (C=O) groups is 1. The topological polar surface area (TPSA) is 50.2 Å². The zero-order chi connectivity index (χ0) is 14.5. The highest BCUT2D eigenvalue weighted by Crippen LogP contribution is 2.12. The summed E-state index contributed by atoms with van der Waals surface area (Å²) in [6, 6.07) is 7.53. The van der Waals surface area contributed by atoms with Gasteiger partial charge in [-0.2, -0.15) is 0 Å². The van der Waals surface area contributed by atoms with E-state index in [9.17, 15) is 4.79 Å². The largest absolute Gasteiger partial charge is 0.385 e. The number of hydrogen-bond acceptors (Lipinski definition) is 3. The number of aromatic nitrogens is 2. The lowest BCUT2D eigenvalue weighted by Crippen LogP contribution is -2.27. The minimum absolute atomic E-state index is 0.00366. The number of hydrogen-bond donors (Lipinski definition) is 1. The smallest absolute Gasteiger partial charge is 0.254 e. The van der Waals surface area contributed by atoms with Crippen molar-refractivity contribution in [3.63, 3.8) is 0 Å². The summed E-state index contributed by atoms with van der Waals surface area (Å²) in [4.78, 5) is 18.2. The van der Waals surface area contributed by atoms with Crippen LogP contribution in [-0.4, -0.2) is 34.0 Å². The summed E-state index contributed by atoms with van der Waals surface area (Å²) in [5, 5.41) is 3.21. The van der Waals surface area contributed by atoms with Gasteiger partial charge < -0.3 is 14.8 Å². The standard InChI is InChI=1S/C15H20N4O/c1-4-16-13-7-5-12(6-8-13)15(20)19(3)11-14-17-9-10-18(14)2/h5-10,16H,4,11H2,1-3H3. The van der Waals surface area contributed by atoms with E-state index in [-0.39, 0.29) is 5.91 Å². The maximum atomic E-state index is 12.3. The number of nitrogens with zero attached hydrogens (tertiary/aromatic N) is 3. The Balaban J connectivity index is 2.04. The molecule has 20 heavy (non-hydrogen) atoms. The van der Waals surface area contributed by atoms with E-state index in [1.54, 1.807) is 18.1 Å². The number of nitrogens with one attached hydrogen (secondary N) is 1. The van der Waals surface area contributed by atoms with Gasteiger partial charge >= 0.3 is 0 Å². The van der Waals surface area contributed by atoms with Crippen molar-refractivity contribution < 1.29 is 4.79 Å². The van der Waals surface area contributed by atoms with Crippen LogP contribution >= 0.6 is 0 Å². The fraction of sp³-hybridized carbons (Fsp3) is 0.333. The SMILES string of the molecule is CCNc1ccc(C(=O)N(C)Cc2nccn2C)cc1. The molecule has 1 aromatic heterocycles. The van der Waals surface area contributed by atoms with Crippen LogP contribution in [0.2, 0.25) is 0 Å². The molecule has 0 aliphatic carbocycles. The highest BCUT2D eigenvalue weighted by atomic mass is 16.2. The van der Waals surface area contributed by atoms with Crippen LogP contribution in [0.25, 0.3) is 0 Å². The Bertz CT molecular complexity index is 574. The predicted octanol–water partition coefficient (Wildman–Crippen LogP) is 2.12. The summed E-state index contributed by atoms with van der Waals surface area (Å²) in [6.07, 6.45) is 3.61. The minimum Gasteiger partial charge on any atom is -0.385 e. The van der Waals surface area contributed by atoms with Crippen molar-refractivity contribution in [1.29, 1.82) is 0 Å². The van der Waals surface area contributed by atoms with Gasteiger partial charge in [-0.3, -0.25) is 4.79 Å². The first-order valence-electron chi connectivity index (χ1n) is 6.67. The lowest BCUT2D eigenvalue weighted by atomic mass is 10.2. The van der Waals surface area contributed by atoms with Gasteiger partial charge in [0.2, 0.25) is 0 Å². The third-order valence-electron chi connectivity index (χ3n) is 3.16. The molecule has 0 bridgehead atoms. The number of benzene rings is 1. The summed E-state index contributed by atoms with van der Waals surface area (Å²) in [5.41, 5.74) is 1.71. The van der Waals surface area contributed by atoms with E-state index in [0.29, 0.717) is 12.1 Å². The molecule has 1 N–H and O–H groups in total. The predicted molar refractivity (Wildman–Crippen MR) is 79.6 cm³/mol. The molecule has 0 aliphatic heterocycles. The number of carbonyl (C=O) groups excluding carboxylic acids is 1. The number of anilines is 1. The Morgan fingerprint density at radius 3 is 2.60 bits per heavy atom. The maximum absolute atomic E-state index is 12.3. The lowest BCUT2D eigenvalue weighted by Gasteiger charge is -2.17. The van der Waals surface area contributed by atoms with Crippen molar-refractivity contribution >= 4 is 11.6 Å². The van der Waals surface area contributed by atoms with Crippen molar-refractivity contribution in [3.8, 4) is 0 Å². The molecule has 1 amide bonds. The van der Waals surface area contributed by atoms with Crippen LogP contribution < -0.4 is 5.32 Å². The number of rotatable bonds is 5. The zero-order valence-corrected chi connectivity index (χ0v) is 12.1. The molecule has 106 valence electrons. The molecule has 0 saturated heterocycles. The van der Waals surface area contributed by atoms with Gasteiger partial charge in [-0.15, -0.1) is 0 Å². The molecular weight excluding hydrogens is 252 g/mol. The first-order chi connectivity index (χ1) is 9.61. The molecule has 2 rings (SSSR count). The number of aryl methyl sites for hydroxylation is 1. The highest BCUT2D eigenvalue weighted by Gasteiger charge is 2.13. The quantitative estimate of drug-likeness (QED) is 0.907. The van der Waals surface area contributed by atoms with Gasteiger partial charge in [0.05, 0.1) is 6.54 Å². The molecule has 0 aliphatic rings. The summed E-state index contributed by atoms with van der Waals surface area (Å²) in [7, 11) is 3.71. The van der Waals surface area contributed by atoms with Crippen LogP contribution in [0.3, 0.4) is 0 Å². The second kappa shape index (κ2) is 6.23. The van der Waals surface area contributed by atoms with Crippen molar-refractivity contribution in [2.75, 3.05) is 18.9 Å². The molecule has 0 radical (unpaired) electrons. The van der Waals surface area contributed by atoms with E-state index in [4.69, 9.17) is 0 Å². The zero-order valence-electron chi connectivity index (χ0n) is 12.1. The average molecular weight is 272 g/mol. The molecule has 0 unspecified atom stereocenters. The van der Waals surface area contributed by atoms with E-state index in [1.165, 1.54) is 0 Å². The first-order valence-corrected chi connectivity index (χ1v) is 6.67. The summed E-state index contributed by atoms with van der Waals surface area (Å²) in [6.45, 7) is 3.41.